The van der Waals surface area contributed by atoms with Crippen LogP contribution in [0.15, 0.2) is 84.0 Å². The second kappa shape index (κ2) is 9.14. The fraction of sp³-hybridized carbons (Fsp3) is 0.0455. The van der Waals surface area contributed by atoms with Crippen LogP contribution < -0.4 is 15.3 Å². The summed E-state index contributed by atoms with van der Waals surface area (Å²) in [5.74, 6) is -1.35. The SMILES string of the molecule is O=C([O-])COc1ccccc1/C=N\NC(=O)c1ccc(-c2ccccc2)cc1. The summed E-state index contributed by atoms with van der Waals surface area (Å²) in [5, 5.41) is 14.5. The number of carboxylic acids is 1. The number of nitrogens with one attached hydrogen (secondary N) is 1. The van der Waals surface area contributed by atoms with E-state index in [1.807, 2.05) is 42.5 Å². The molecule has 0 saturated heterocycles. The fourth-order valence-electron chi connectivity index (χ4n) is 2.52. The molecule has 1 amide bonds. The molecular weight excluding hydrogens is 356 g/mol. The van der Waals surface area contributed by atoms with Gasteiger partial charge in [-0.15, -0.1) is 0 Å². The van der Waals surface area contributed by atoms with Gasteiger partial charge in [-0.05, 0) is 35.4 Å². The monoisotopic (exact) mass is 373 g/mol. The number of aliphatic carboxylic acids is 1. The number of hydrazone groups is 1. The summed E-state index contributed by atoms with van der Waals surface area (Å²) in [5.41, 5.74) is 5.53. The van der Waals surface area contributed by atoms with E-state index in [0.29, 0.717) is 16.9 Å². The maximum Gasteiger partial charge on any atom is 0.271 e. The molecule has 140 valence electrons. The molecule has 6 heteroatoms. The minimum Gasteiger partial charge on any atom is -0.546 e. The first-order valence-electron chi connectivity index (χ1n) is 8.54. The van der Waals surface area contributed by atoms with Crippen LogP contribution in [0.3, 0.4) is 0 Å². The van der Waals surface area contributed by atoms with Gasteiger partial charge in [0.15, 0.2) is 0 Å². The Bertz CT molecular complexity index is 983. The first-order chi connectivity index (χ1) is 13.6. The third-order valence-corrected chi connectivity index (χ3v) is 3.89. The van der Waals surface area contributed by atoms with Gasteiger partial charge in [-0.25, -0.2) is 5.43 Å². The molecule has 1 N–H and O–H groups in total. The van der Waals surface area contributed by atoms with E-state index < -0.39 is 12.6 Å². The van der Waals surface area contributed by atoms with Crippen molar-refractivity contribution in [3.8, 4) is 16.9 Å². The summed E-state index contributed by atoms with van der Waals surface area (Å²) in [4.78, 5) is 22.8. The maximum atomic E-state index is 12.2. The standard InChI is InChI=1S/C22H18N2O4/c25-21(26)15-28-20-9-5-4-8-19(20)14-23-24-22(27)18-12-10-17(11-13-18)16-6-2-1-3-7-16/h1-14H,15H2,(H,24,27)(H,25,26)/p-1/b23-14-. The first-order valence-corrected chi connectivity index (χ1v) is 8.54. The van der Waals surface area contributed by atoms with Gasteiger partial charge in [-0.2, -0.15) is 5.10 Å². The van der Waals surface area contributed by atoms with Gasteiger partial charge in [0.05, 0.1) is 12.2 Å². The van der Waals surface area contributed by atoms with Crippen molar-refractivity contribution in [3.05, 3.63) is 90.0 Å². The first kappa shape index (κ1) is 18.8. The van der Waals surface area contributed by atoms with E-state index in [1.54, 1.807) is 36.4 Å². The normalized spacial score (nSPS) is 10.6. The van der Waals surface area contributed by atoms with Crippen molar-refractivity contribution in [2.24, 2.45) is 5.10 Å². The quantitative estimate of drug-likeness (QED) is 0.508. The molecule has 0 saturated carbocycles. The van der Waals surface area contributed by atoms with Crippen molar-refractivity contribution >= 4 is 18.1 Å². The van der Waals surface area contributed by atoms with E-state index in [2.05, 4.69) is 10.5 Å². The van der Waals surface area contributed by atoms with Gasteiger partial charge < -0.3 is 14.6 Å². The lowest BCUT2D eigenvalue weighted by Gasteiger charge is -2.09. The van der Waals surface area contributed by atoms with Crippen LogP contribution in [0.4, 0.5) is 0 Å². The Morgan fingerprint density at radius 3 is 2.25 bits per heavy atom. The number of carbonyl (C=O) groups is 2. The van der Waals surface area contributed by atoms with Crippen LogP contribution in [-0.2, 0) is 4.79 Å². The van der Waals surface area contributed by atoms with E-state index in [9.17, 15) is 14.7 Å². The van der Waals surface area contributed by atoms with E-state index in [-0.39, 0.29) is 5.91 Å². The second-order valence-electron chi connectivity index (χ2n) is 5.84. The van der Waals surface area contributed by atoms with E-state index in [1.165, 1.54) is 6.21 Å². The third kappa shape index (κ3) is 5.04. The van der Waals surface area contributed by atoms with Crippen molar-refractivity contribution in [3.63, 3.8) is 0 Å². The Morgan fingerprint density at radius 1 is 0.893 bits per heavy atom. The molecular formula is C22H17N2O4-. The van der Waals surface area contributed by atoms with Crippen molar-refractivity contribution in [1.29, 1.82) is 0 Å². The van der Waals surface area contributed by atoms with Crippen LogP contribution in [-0.4, -0.2) is 24.7 Å². The Balaban J connectivity index is 1.63. The molecule has 0 radical (unpaired) electrons. The number of ether oxygens (including phenoxy) is 1. The van der Waals surface area contributed by atoms with Crippen molar-refractivity contribution < 1.29 is 19.4 Å². The molecule has 3 rings (SSSR count). The molecule has 0 aromatic heterocycles. The predicted octanol–water partition coefficient (Wildman–Crippen LogP) is 2.25. The smallest absolute Gasteiger partial charge is 0.271 e. The lowest BCUT2D eigenvalue weighted by Crippen LogP contribution is -2.29. The molecule has 0 aliphatic heterocycles. The maximum absolute atomic E-state index is 12.2. The molecule has 0 unspecified atom stereocenters. The number of para-hydroxylation sites is 1. The molecule has 0 spiro atoms. The molecule has 28 heavy (non-hydrogen) atoms. The Labute approximate surface area is 162 Å². The van der Waals surface area contributed by atoms with E-state index in [0.717, 1.165) is 11.1 Å². The zero-order chi connectivity index (χ0) is 19.8. The molecule has 0 heterocycles. The minimum absolute atomic E-state index is 0.330. The van der Waals surface area contributed by atoms with Gasteiger partial charge >= 0.3 is 0 Å². The lowest BCUT2D eigenvalue weighted by molar-refractivity contribution is -0.307. The van der Waals surface area contributed by atoms with Gasteiger partial charge in [0, 0.05) is 11.1 Å². The average molecular weight is 373 g/mol. The number of carbonyl (C=O) groups excluding carboxylic acids is 2. The summed E-state index contributed by atoms with van der Waals surface area (Å²) < 4.78 is 5.13. The summed E-state index contributed by atoms with van der Waals surface area (Å²) in [7, 11) is 0. The summed E-state index contributed by atoms with van der Waals surface area (Å²) in [6, 6.07) is 23.8. The molecule has 0 atom stereocenters. The van der Waals surface area contributed by atoms with Gasteiger partial charge in [-0.3, -0.25) is 4.79 Å². The van der Waals surface area contributed by atoms with Gasteiger partial charge in [0.1, 0.15) is 12.4 Å². The summed E-state index contributed by atoms with van der Waals surface area (Å²) in [6.07, 6.45) is 1.39. The number of rotatable bonds is 7. The average Bonchev–Trinajstić information content (AvgIpc) is 2.73. The highest BCUT2D eigenvalue weighted by atomic mass is 16.5. The molecule has 6 nitrogen and oxygen atoms in total. The second-order valence-corrected chi connectivity index (χ2v) is 5.84. The van der Waals surface area contributed by atoms with Crippen LogP contribution in [0.5, 0.6) is 5.75 Å². The number of carboxylic acid groups (broad SMARTS) is 1. The van der Waals surface area contributed by atoms with Gasteiger partial charge in [-0.1, -0.05) is 54.6 Å². The molecule has 0 bridgehead atoms. The molecule has 0 fully saturated rings. The summed E-state index contributed by atoms with van der Waals surface area (Å²) >= 11 is 0. The fourth-order valence-corrected chi connectivity index (χ4v) is 2.52. The van der Waals surface area contributed by atoms with Crippen LogP contribution in [0.2, 0.25) is 0 Å². The lowest BCUT2D eigenvalue weighted by atomic mass is 10.0. The number of benzene rings is 3. The van der Waals surface area contributed by atoms with Crippen LogP contribution >= 0.6 is 0 Å². The Hall–Kier alpha value is -3.93. The molecule has 0 aliphatic rings. The molecule has 3 aromatic carbocycles. The number of amides is 1. The van der Waals surface area contributed by atoms with Crippen LogP contribution in [0, 0.1) is 0 Å². The zero-order valence-electron chi connectivity index (χ0n) is 14.9. The molecule has 0 aliphatic carbocycles. The zero-order valence-corrected chi connectivity index (χ0v) is 14.9. The van der Waals surface area contributed by atoms with Crippen LogP contribution in [0.25, 0.3) is 11.1 Å². The van der Waals surface area contributed by atoms with Crippen molar-refractivity contribution in [1.82, 2.24) is 5.43 Å². The minimum atomic E-state index is -1.32. The predicted molar refractivity (Wildman–Crippen MR) is 104 cm³/mol. The van der Waals surface area contributed by atoms with Crippen LogP contribution in [0.1, 0.15) is 15.9 Å². The van der Waals surface area contributed by atoms with Crippen molar-refractivity contribution in [2.45, 2.75) is 0 Å². The number of nitrogens with zero attached hydrogens (tertiary/aromatic N) is 1. The van der Waals surface area contributed by atoms with E-state index >= 15 is 0 Å². The van der Waals surface area contributed by atoms with Gasteiger partial charge in [0.25, 0.3) is 5.91 Å². The highest BCUT2D eigenvalue weighted by molar-refractivity contribution is 5.95. The Kier molecular flexibility index (Phi) is 6.15. The van der Waals surface area contributed by atoms with Gasteiger partial charge in [0.2, 0.25) is 0 Å². The summed E-state index contributed by atoms with van der Waals surface area (Å²) in [6.45, 7) is -0.565. The number of hydrogen-bond donors (Lipinski definition) is 1. The van der Waals surface area contributed by atoms with E-state index in [4.69, 9.17) is 4.74 Å². The topological polar surface area (TPSA) is 90.8 Å². The number of hydrogen-bond acceptors (Lipinski definition) is 5. The van der Waals surface area contributed by atoms with Crippen molar-refractivity contribution in [2.75, 3.05) is 6.61 Å². The molecule has 3 aromatic rings. The third-order valence-electron chi connectivity index (χ3n) is 3.89. The highest BCUT2D eigenvalue weighted by Crippen LogP contribution is 2.19. The Morgan fingerprint density at radius 2 is 1.54 bits per heavy atom. The largest absolute Gasteiger partial charge is 0.546 e. The highest BCUT2D eigenvalue weighted by Gasteiger charge is 2.05.